The standard InChI is InChI=1S/C30H31N3O2/c1-20-4-3-5-27-28(20)33(19-21-16-17-32(18-21)30(34)25-10-11-25)29(31-27)24-8-6-22(7-9-24)23-12-14-26(35-2)15-13-23/h3-9,12-15,21,25H,10-11,16-19H2,1-2H3. The van der Waals surface area contributed by atoms with Gasteiger partial charge in [-0.15, -0.1) is 0 Å². The summed E-state index contributed by atoms with van der Waals surface area (Å²) in [5, 5.41) is 0. The average Bonchev–Trinajstić information content (AvgIpc) is 3.53. The number of rotatable bonds is 6. The predicted octanol–water partition coefficient (Wildman–Crippen LogP) is 5.95. The van der Waals surface area contributed by atoms with Crippen molar-refractivity contribution < 1.29 is 9.53 Å². The Morgan fingerprint density at radius 2 is 1.63 bits per heavy atom. The van der Waals surface area contributed by atoms with Gasteiger partial charge in [0.1, 0.15) is 11.6 Å². The molecule has 1 saturated heterocycles. The van der Waals surface area contributed by atoms with E-state index in [0.29, 0.717) is 17.7 Å². The number of likely N-dealkylation sites (tertiary alicyclic amines) is 1. The van der Waals surface area contributed by atoms with E-state index < -0.39 is 0 Å². The molecular formula is C30H31N3O2. The van der Waals surface area contributed by atoms with Crippen LogP contribution >= 0.6 is 0 Å². The summed E-state index contributed by atoms with van der Waals surface area (Å²) in [7, 11) is 1.69. The number of hydrogen-bond donors (Lipinski definition) is 0. The fourth-order valence-electron chi connectivity index (χ4n) is 5.39. The number of aryl methyl sites for hydroxylation is 1. The second kappa shape index (κ2) is 8.88. The fraction of sp³-hybridized carbons (Fsp3) is 0.333. The molecule has 0 spiro atoms. The molecule has 2 aliphatic rings. The number of methoxy groups -OCH3 is 1. The molecule has 2 fully saturated rings. The quantitative estimate of drug-likeness (QED) is 0.354. The molecular weight excluding hydrogens is 434 g/mol. The molecule has 1 aromatic heterocycles. The molecule has 3 aromatic carbocycles. The zero-order valence-corrected chi connectivity index (χ0v) is 20.4. The van der Waals surface area contributed by atoms with E-state index in [1.807, 2.05) is 12.1 Å². The highest BCUT2D eigenvalue weighted by molar-refractivity contribution is 5.84. The summed E-state index contributed by atoms with van der Waals surface area (Å²) in [5.41, 5.74) is 6.91. The number of aromatic nitrogens is 2. The van der Waals surface area contributed by atoms with Crippen molar-refractivity contribution in [3.8, 4) is 28.3 Å². The number of nitrogens with zero attached hydrogens (tertiary/aromatic N) is 3. The van der Waals surface area contributed by atoms with Crippen LogP contribution < -0.4 is 4.74 Å². The van der Waals surface area contributed by atoms with Gasteiger partial charge in [-0.2, -0.15) is 0 Å². The lowest BCUT2D eigenvalue weighted by molar-refractivity contribution is -0.131. The van der Waals surface area contributed by atoms with Crippen molar-refractivity contribution in [3.63, 3.8) is 0 Å². The Balaban J connectivity index is 1.31. The molecule has 1 aliphatic heterocycles. The number of benzene rings is 3. The van der Waals surface area contributed by atoms with E-state index in [9.17, 15) is 4.79 Å². The monoisotopic (exact) mass is 465 g/mol. The topological polar surface area (TPSA) is 47.4 Å². The molecule has 0 N–H and O–H groups in total. The van der Waals surface area contributed by atoms with E-state index in [4.69, 9.17) is 9.72 Å². The van der Waals surface area contributed by atoms with Gasteiger partial charge in [-0.3, -0.25) is 4.79 Å². The summed E-state index contributed by atoms with van der Waals surface area (Å²) >= 11 is 0. The fourth-order valence-corrected chi connectivity index (χ4v) is 5.39. The van der Waals surface area contributed by atoms with Crippen LogP contribution in [0.25, 0.3) is 33.5 Å². The van der Waals surface area contributed by atoms with Crippen molar-refractivity contribution in [1.82, 2.24) is 14.5 Å². The molecule has 6 rings (SSSR count). The van der Waals surface area contributed by atoms with E-state index >= 15 is 0 Å². The summed E-state index contributed by atoms with van der Waals surface area (Å²) in [4.78, 5) is 19.8. The van der Waals surface area contributed by atoms with Gasteiger partial charge >= 0.3 is 0 Å². The third kappa shape index (κ3) is 4.20. The Kier molecular flexibility index (Phi) is 5.56. The highest BCUT2D eigenvalue weighted by atomic mass is 16.5. The molecule has 1 aliphatic carbocycles. The van der Waals surface area contributed by atoms with Crippen LogP contribution in [0.1, 0.15) is 24.8 Å². The third-order valence-electron chi connectivity index (χ3n) is 7.50. The molecule has 4 aromatic rings. The van der Waals surface area contributed by atoms with Crippen LogP contribution in [0.4, 0.5) is 0 Å². The van der Waals surface area contributed by atoms with Crippen molar-refractivity contribution in [2.75, 3.05) is 20.2 Å². The van der Waals surface area contributed by atoms with Crippen molar-refractivity contribution in [3.05, 3.63) is 72.3 Å². The van der Waals surface area contributed by atoms with Gasteiger partial charge in [0.05, 0.1) is 18.1 Å². The maximum Gasteiger partial charge on any atom is 0.225 e. The molecule has 2 heterocycles. The smallest absolute Gasteiger partial charge is 0.225 e. The zero-order valence-electron chi connectivity index (χ0n) is 20.4. The van der Waals surface area contributed by atoms with Crippen LogP contribution in [-0.4, -0.2) is 40.6 Å². The van der Waals surface area contributed by atoms with Gasteiger partial charge in [0.15, 0.2) is 0 Å². The highest BCUT2D eigenvalue weighted by Gasteiger charge is 2.36. The predicted molar refractivity (Wildman–Crippen MR) is 139 cm³/mol. The number of amides is 1. The number of carbonyl (C=O) groups excluding carboxylic acids is 1. The third-order valence-corrected chi connectivity index (χ3v) is 7.50. The van der Waals surface area contributed by atoms with Crippen LogP contribution in [-0.2, 0) is 11.3 Å². The van der Waals surface area contributed by atoms with Crippen molar-refractivity contribution in [1.29, 1.82) is 0 Å². The first-order chi connectivity index (χ1) is 17.1. The van der Waals surface area contributed by atoms with Crippen molar-refractivity contribution in [2.24, 2.45) is 11.8 Å². The summed E-state index contributed by atoms with van der Waals surface area (Å²) < 4.78 is 7.68. The van der Waals surface area contributed by atoms with E-state index in [0.717, 1.165) is 67.1 Å². The highest BCUT2D eigenvalue weighted by Crippen LogP contribution is 2.35. The van der Waals surface area contributed by atoms with Crippen LogP contribution in [0.15, 0.2) is 66.7 Å². The Morgan fingerprint density at radius 3 is 2.31 bits per heavy atom. The van der Waals surface area contributed by atoms with Crippen LogP contribution in [0, 0.1) is 18.8 Å². The van der Waals surface area contributed by atoms with E-state index in [2.05, 4.69) is 71.0 Å². The molecule has 1 atom stereocenters. The van der Waals surface area contributed by atoms with Gasteiger partial charge in [-0.25, -0.2) is 4.98 Å². The molecule has 0 bridgehead atoms. The minimum absolute atomic E-state index is 0.296. The number of carbonyl (C=O) groups is 1. The lowest BCUT2D eigenvalue weighted by atomic mass is 10.0. The van der Waals surface area contributed by atoms with Gasteiger partial charge in [-0.1, -0.05) is 48.5 Å². The lowest BCUT2D eigenvalue weighted by Gasteiger charge is -2.18. The molecule has 0 radical (unpaired) electrons. The Morgan fingerprint density at radius 1 is 0.943 bits per heavy atom. The van der Waals surface area contributed by atoms with Crippen molar-refractivity contribution in [2.45, 2.75) is 32.7 Å². The summed E-state index contributed by atoms with van der Waals surface area (Å²) in [5.74, 6) is 2.98. The van der Waals surface area contributed by atoms with Crippen LogP contribution in [0.5, 0.6) is 5.75 Å². The SMILES string of the molecule is COc1ccc(-c2ccc(-c3nc4cccc(C)c4n3CC3CCN(C(=O)C4CC4)C3)cc2)cc1. The minimum atomic E-state index is 0.296. The molecule has 1 unspecified atom stereocenters. The van der Waals surface area contributed by atoms with Gasteiger partial charge in [-0.05, 0) is 67.0 Å². The largest absolute Gasteiger partial charge is 0.497 e. The lowest BCUT2D eigenvalue weighted by Crippen LogP contribution is -2.30. The summed E-state index contributed by atoms with van der Waals surface area (Å²) in [6.45, 7) is 4.79. The Bertz CT molecular complexity index is 1370. The van der Waals surface area contributed by atoms with Crippen LogP contribution in [0.2, 0.25) is 0 Å². The number of imidazole rings is 1. The minimum Gasteiger partial charge on any atom is -0.497 e. The Hall–Kier alpha value is -3.60. The summed E-state index contributed by atoms with van der Waals surface area (Å²) in [6.07, 6.45) is 3.20. The second-order valence-electron chi connectivity index (χ2n) is 10.0. The first-order valence-electron chi connectivity index (χ1n) is 12.6. The van der Waals surface area contributed by atoms with Gasteiger partial charge in [0.2, 0.25) is 5.91 Å². The van der Waals surface area contributed by atoms with E-state index in [1.165, 1.54) is 16.6 Å². The molecule has 1 amide bonds. The molecule has 35 heavy (non-hydrogen) atoms. The summed E-state index contributed by atoms with van der Waals surface area (Å²) in [6, 6.07) is 23.2. The maximum absolute atomic E-state index is 12.6. The van der Waals surface area contributed by atoms with Crippen molar-refractivity contribution >= 4 is 16.9 Å². The zero-order chi connectivity index (χ0) is 23.9. The molecule has 5 nitrogen and oxygen atoms in total. The first-order valence-corrected chi connectivity index (χ1v) is 12.6. The van der Waals surface area contributed by atoms with Gasteiger partial charge < -0.3 is 14.2 Å². The van der Waals surface area contributed by atoms with E-state index in [1.54, 1.807) is 7.11 Å². The van der Waals surface area contributed by atoms with Gasteiger partial charge in [0, 0.05) is 31.1 Å². The normalized spacial score (nSPS) is 17.8. The molecule has 5 heteroatoms. The second-order valence-corrected chi connectivity index (χ2v) is 10.0. The molecule has 178 valence electrons. The van der Waals surface area contributed by atoms with Gasteiger partial charge in [0.25, 0.3) is 0 Å². The average molecular weight is 466 g/mol. The number of ether oxygens (including phenoxy) is 1. The van der Waals surface area contributed by atoms with E-state index in [-0.39, 0.29) is 0 Å². The van der Waals surface area contributed by atoms with Crippen LogP contribution in [0.3, 0.4) is 0 Å². The number of hydrogen-bond acceptors (Lipinski definition) is 3. The Labute approximate surface area is 206 Å². The maximum atomic E-state index is 12.6. The molecule has 1 saturated carbocycles. The number of fused-ring (bicyclic) bond motifs is 1. The number of para-hydroxylation sites is 1. The first kappa shape index (κ1) is 21.9.